The Morgan fingerprint density at radius 3 is 2.64 bits per heavy atom. The van der Waals surface area contributed by atoms with Crippen LogP contribution in [0.1, 0.15) is 39.0 Å². The highest BCUT2D eigenvalue weighted by Gasteiger charge is 2.27. The summed E-state index contributed by atoms with van der Waals surface area (Å²) < 4.78 is 5.41. The summed E-state index contributed by atoms with van der Waals surface area (Å²) in [5, 5.41) is 3.16. The van der Waals surface area contributed by atoms with Crippen LogP contribution in [0, 0.1) is 11.8 Å². The van der Waals surface area contributed by atoms with Gasteiger partial charge in [-0.25, -0.2) is 4.79 Å². The minimum Gasteiger partial charge on any atom is -0.381 e. The molecule has 0 unspecified atom stereocenters. The first-order chi connectivity index (χ1) is 10.6. The van der Waals surface area contributed by atoms with Crippen molar-refractivity contribution < 1.29 is 9.53 Å². The molecule has 0 aromatic carbocycles. The van der Waals surface area contributed by atoms with Crippen molar-refractivity contribution in [1.29, 1.82) is 0 Å². The Morgan fingerprint density at radius 2 is 2.05 bits per heavy atom. The third-order valence-corrected chi connectivity index (χ3v) is 5.14. The maximum Gasteiger partial charge on any atom is 0.317 e. The molecule has 2 amide bonds. The summed E-state index contributed by atoms with van der Waals surface area (Å²) in [5.41, 5.74) is 0. The Balaban J connectivity index is 1.64. The van der Waals surface area contributed by atoms with Crippen LogP contribution in [0.4, 0.5) is 4.79 Å². The second-order valence-corrected chi connectivity index (χ2v) is 7.24. The summed E-state index contributed by atoms with van der Waals surface area (Å²) >= 11 is 0. The maximum absolute atomic E-state index is 12.3. The Morgan fingerprint density at radius 1 is 1.32 bits per heavy atom. The molecule has 0 saturated carbocycles. The Hall–Kier alpha value is -0.810. The fraction of sp³-hybridized carbons (Fsp3) is 0.941. The second-order valence-electron chi connectivity index (χ2n) is 7.24. The molecule has 2 saturated heterocycles. The molecule has 128 valence electrons. The number of piperidine rings is 1. The summed E-state index contributed by atoms with van der Waals surface area (Å²) in [5.74, 6) is 1.28. The molecule has 2 fully saturated rings. The Kier molecular flexibility index (Phi) is 6.96. The topological polar surface area (TPSA) is 44.8 Å². The average molecular weight is 311 g/mol. The van der Waals surface area contributed by atoms with Crippen molar-refractivity contribution in [3.05, 3.63) is 0 Å². The van der Waals surface area contributed by atoms with Crippen molar-refractivity contribution in [1.82, 2.24) is 15.1 Å². The number of nitrogens with zero attached hydrogens (tertiary/aromatic N) is 2. The quantitative estimate of drug-likeness (QED) is 0.818. The van der Waals surface area contributed by atoms with E-state index in [2.05, 4.69) is 31.2 Å². The van der Waals surface area contributed by atoms with Gasteiger partial charge in [-0.15, -0.1) is 0 Å². The fourth-order valence-corrected chi connectivity index (χ4v) is 3.47. The van der Waals surface area contributed by atoms with E-state index in [-0.39, 0.29) is 12.1 Å². The summed E-state index contributed by atoms with van der Waals surface area (Å²) in [4.78, 5) is 16.6. The van der Waals surface area contributed by atoms with Crippen molar-refractivity contribution in [2.75, 3.05) is 46.9 Å². The molecular formula is C17H33N3O2. The van der Waals surface area contributed by atoms with Crippen LogP contribution >= 0.6 is 0 Å². The van der Waals surface area contributed by atoms with E-state index in [9.17, 15) is 4.79 Å². The lowest BCUT2D eigenvalue weighted by Gasteiger charge is -2.33. The van der Waals surface area contributed by atoms with Crippen molar-refractivity contribution >= 4 is 6.03 Å². The summed E-state index contributed by atoms with van der Waals surface area (Å²) in [7, 11) is 4.26. The zero-order valence-corrected chi connectivity index (χ0v) is 14.5. The van der Waals surface area contributed by atoms with Gasteiger partial charge in [0.05, 0.1) is 6.61 Å². The highest BCUT2D eigenvalue weighted by atomic mass is 16.5. The van der Waals surface area contributed by atoms with Gasteiger partial charge in [-0.05, 0) is 65.6 Å². The molecular weight excluding hydrogens is 278 g/mol. The maximum atomic E-state index is 12.3. The normalized spacial score (nSPS) is 24.7. The van der Waals surface area contributed by atoms with Gasteiger partial charge in [-0.1, -0.05) is 0 Å². The molecule has 2 atom stereocenters. The van der Waals surface area contributed by atoms with Crippen molar-refractivity contribution in [3.8, 4) is 0 Å². The molecule has 2 rings (SSSR count). The largest absolute Gasteiger partial charge is 0.381 e. The molecule has 22 heavy (non-hydrogen) atoms. The van der Waals surface area contributed by atoms with Gasteiger partial charge in [0.25, 0.3) is 0 Å². The Labute approximate surface area is 135 Å². The number of ether oxygens (including phenoxy) is 1. The van der Waals surface area contributed by atoms with Crippen molar-refractivity contribution in [2.24, 2.45) is 11.8 Å². The van der Waals surface area contributed by atoms with Crippen LogP contribution in [0.25, 0.3) is 0 Å². The summed E-state index contributed by atoms with van der Waals surface area (Å²) in [6, 6.07) is 0.332. The summed E-state index contributed by atoms with van der Waals surface area (Å²) in [6.45, 7) is 6.71. The van der Waals surface area contributed by atoms with Crippen LogP contribution in [0.2, 0.25) is 0 Å². The lowest BCUT2D eigenvalue weighted by Crippen LogP contribution is -2.49. The van der Waals surface area contributed by atoms with Crippen LogP contribution in [-0.4, -0.2) is 68.8 Å². The molecule has 5 heteroatoms. The third kappa shape index (κ3) is 5.43. The van der Waals surface area contributed by atoms with E-state index in [4.69, 9.17) is 4.74 Å². The molecule has 0 radical (unpaired) electrons. The molecule has 5 nitrogen and oxygen atoms in total. The standard InChI is InChI=1S/C17H33N3O2/c1-14(16-8-12-22-13-16)18-17(21)20-10-6-15(7-11-20)5-4-9-19(2)3/h14-16H,4-13H2,1-3H3,(H,18,21)/t14-,16-/m0/s1. The van der Waals surface area contributed by atoms with Crippen molar-refractivity contribution in [3.63, 3.8) is 0 Å². The monoisotopic (exact) mass is 311 g/mol. The van der Waals surface area contributed by atoms with Gasteiger partial charge in [-0.3, -0.25) is 0 Å². The number of amides is 2. The number of hydrogen-bond acceptors (Lipinski definition) is 3. The minimum atomic E-state index is 0.117. The van der Waals surface area contributed by atoms with Crippen LogP contribution < -0.4 is 5.32 Å². The smallest absolute Gasteiger partial charge is 0.317 e. The third-order valence-electron chi connectivity index (χ3n) is 5.14. The van der Waals surface area contributed by atoms with Crippen LogP contribution in [0.15, 0.2) is 0 Å². The van der Waals surface area contributed by atoms with Gasteiger partial charge in [0.2, 0.25) is 0 Å². The molecule has 0 aromatic rings. The number of carbonyl (C=O) groups is 1. The molecule has 0 spiro atoms. The highest BCUT2D eigenvalue weighted by molar-refractivity contribution is 5.74. The van der Waals surface area contributed by atoms with Gasteiger partial charge in [-0.2, -0.15) is 0 Å². The number of hydrogen-bond donors (Lipinski definition) is 1. The average Bonchev–Trinajstić information content (AvgIpc) is 3.02. The van der Waals surface area contributed by atoms with Crippen LogP contribution in [0.3, 0.4) is 0 Å². The zero-order chi connectivity index (χ0) is 15.9. The number of rotatable bonds is 6. The zero-order valence-electron chi connectivity index (χ0n) is 14.5. The number of nitrogens with one attached hydrogen (secondary N) is 1. The predicted octanol–water partition coefficient (Wildman–Crippen LogP) is 2.17. The van der Waals surface area contributed by atoms with E-state index in [1.54, 1.807) is 0 Å². The van der Waals surface area contributed by atoms with E-state index in [1.807, 2.05) is 4.90 Å². The van der Waals surface area contributed by atoms with E-state index in [1.165, 1.54) is 19.4 Å². The molecule has 0 aromatic heterocycles. The first-order valence-corrected chi connectivity index (χ1v) is 8.84. The Bertz CT molecular complexity index is 335. The van der Waals surface area contributed by atoms with Gasteiger partial charge >= 0.3 is 6.03 Å². The summed E-state index contributed by atoms with van der Waals surface area (Å²) in [6.07, 6.45) is 5.94. The van der Waals surface area contributed by atoms with Crippen LogP contribution in [0.5, 0.6) is 0 Å². The van der Waals surface area contributed by atoms with Gasteiger partial charge < -0.3 is 19.9 Å². The fourth-order valence-electron chi connectivity index (χ4n) is 3.47. The molecule has 2 aliphatic rings. The second kappa shape index (κ2) is 8.73. The molecule has 0 bridgehead atoms. The van der Waals surface area contributed by atoms with Gasteiger partial charge in [0.1, 0.15) is 0 Å². The molecule has 1 N–H and O–H groups in total. The predicted molar refractivity (Wildman–Crippen MR) is 89.0 cm³/mol. The lowest BCUT2D eigenvalue weighted by molar-refractivity contribution is 0.155. The van der Waals surface area contributed by atoms with E-state index in [0.29, 0.717) is 5.92 Å². The SMILES string of the molecule is C[C@H](NC(=O)N1CCC(CCCN(C)C)CC1)[C@H]1CCOC1. The first kappa shape index (κ1) is 17.5. The first-order valence-electron chi connectivity index (χ1n) is 8.84. The molecule has 2 aliphatic heterocycles. The highest BCUT2D eigenvalue weighted by Crippen LogP contribution is 2.22. The minimum absolute atomic E-state index is 0.117. The van der Waals surface area contributed by atoms with E-state index < -0.39 is 0 Å². The van der Waals surface area contributed by atoms with E-state index >= 15 is 0 Å². The van der Waals surface area contributed by atoms with Crippen LogP contribution in [-0.2, 0) is 4.74 Å². The van der Waals surface area contributed by atoms with Gasteiger partial charge in [0, 0.05) is 31.7 Å². The van der Waals surface area contributed by atoms with Crippen molar-refractivity contribution in [2.45, 2.75) is 45.1 Å². The molecule has 2 heterocycles. The number of carbonyl (C=O) groups excluding carboxylic acids is 1. The lowest BCUT2D eigenvalue weighted by atomic mass is 9.92. The molecule has 0 aliphatic carbocycles. The number of likely N-dealkylation sites (tertiary alicyclic amines) is 1. The number of urea groups is 1. The van der Waals surface area contributed by atoms with Gasteiger partial charge in [0.15, 0.2) is 0 Å². The van der Waals surface area contributed by atoms with E-state index in [0.717, 1.165) is 51.5 Å².